The van der Waals surface area contributed by atoms with Gasteiger partial charge in [-0.05, 0) is 24.3 Å². The van der Waals surface area contributed by atoms with Crippen LogP contribution in [-0.4, -0.2) is 62.0 Å². The Balaban J connectivity index is 1.49. The number of anilines is 2. The van der Waals surface area contributed by atoms with Gasteiger partial charge in [0.2, 0.25) is 11.8 Å². The van der Waals surface area contributed by atoms with Gasteiger partial charge in [-0.1, -0.05) is 34.9 Å². The molecule has 0 saturated carbocycles. The molecule has 3 aromatic rings. The Morgan fingerprint density at radius 2 is 1.17 bits per heavy atom. The summed E-state index contributed by atoms with van der Waals surface area (Å²) in [6.45, 7) is 0. The fourth-order valence-electron chi connectivity index (χ4n) is 2.76. The number of benzene rings is 2. The van der Waals surface area contributed by atoms with Crippen molar-refractivity contribution in [1.82, 2.24) is 10.2 Å². The second-order valence-electron chi connectivity index (χ2n) is 6.64. The third kappa shape index (κ3) is 7.67. The van der Waals surface area contributed by atoms with Gasteiger partial charge in [0, 0.05) is 12.1 Å². The number of hydrogen-bond donors (Lipinski definition) is 2. The number of nitrogens with zero attached hydrogens (tertiary/aromatic N) is 2. The van der Waals surface area contributed by atoms with Gasteiger partial charge in [-0.2, -0.15) is 0 Å². The first-order chi connectivity index (χ1) is 16.9. The molecule has 2 N–H and O–H groups in total. The van der Waals surface area contributed by atoms with Crippen molar-refractivity contribution >= 4 is 58.0 Å². The van der Waals surface area contributed by atoms with Crippen molar-refractivity contribution in [1.29, 1.82) is 0 Å². The molecule has 0 bridgehead atoms. The molecule has 0 atom stereocenters. The van der Waals surface area contributed by atoms with Crippen LogP contribution in [-0.2, 0) is 9.59 Å². The van der Waals surface area contributed by atoms with Crippen LogP contribution in [0.3, 0.4) is 0 Å². The van der Waals surface area contributed by atoms with Gasteiger partial charge in [-0.3, -0.25) is 9.59 Å². The first-order valence-electron chi connectivity index (χ1n) is 10.1. The zero-order chi connectivity index (χ0) is 25.2. The zero-order valence-electron chi connectivity index (χ0n) is 19.4. The van der Waals surface area contributed by atoms with Gasteiger partial charge < -0.3 is 29.6 Å². The van der Waals surface area contributed by atoms with Crippen molar-refractivity contribution in [2.24, 2.45) is 0 Å². The van der Waals surface area contributed by atoms with Crippen molar-refractivity contribution in [2.45, 2.75) is 8.68 Å². The zero-order valence-corrected chi connectivity index (χ0v) is 21.9. The normalized spacial score (nSPS) is 10.4. The van der Waals surface area contributed by atoms with Crippen LogP contribution in [0.2, 0.25) is 0 Å². The molecule has 186 valence electrons. The number of aromatic nitrogens is 2. The molecule has 35 heavy (non-hydrogen) atoms. The van der Waals surface area contributed by atoms with Crippen LogP contribution in [0.1, 0.15) is 0 Å². The summed E-state index contributed by atoms with van der Waals surface area (Å²) in [5.41, 5.74) is 1.04. The average Bonchev–Trinajstić information content (AvgIpc) is 3.34. The number of amides is 2. The van der Waals surface area contributed by atoms with E-state index >= 15 is 0 Å². The lowest BCUT2D eigenvalue weighted by molar-refractivity contribution is -0.114. The van der Waals surface area contributed by atoms with E-state index in [1.165, 1.54) is 49.1 Å². The lowest BCUT2D eigenvalue weighted by Gasteiger charge is -2.11. The average molecular weight is 537 g/mol. The number of methoxy groups -OCH3 is 4. The van der Waals surface area contributed by atoms with Gasteiger partial charge in [0.1, 0.15) is 23.0 Å². The number of hydrogen-bond acceptors (Lipinski definition) is 11. The molecule has 0 saturated heterocycles. The Kier molecular flexibility index (Phi) is 9.87. The van der Waals surface area contributed by atoms with E-state index in [0.717, 1.165) is 0 Å². The highest BCUT2D eigenvalue weighted by Gasteiger charge is 2.14. The van der Waals surface area contributed by atoms with E-state index < -0.39 is 0 Å². The Hall–Kier alpha value is -3.16. The number of rotatable bonds is 12. The molecule has 13 heteroatoms. The molecular weight excluding hydrogens is 512 g/mol. The molecule has 0 aliphatic carbocycles. The molecule has 0 aliphatic heterocycles. The summed E-state index contributed by atoms with van der Waals surface area (Å²) in [7, 11) is 6.15. The predicted octanol–water partition coefficient (Wildman–Crippen LogP) is 4.03. The van der Waals surface area contributed by atoms with E-state index in [1.807, 2.05) is 0 Å². The second kappa shape index (κ2) is 13.1. The highest BCUT2D eigenvalue weighted by Crippen LogP contribution is 2.32. The summed E-state index contributed by atoms with van der Waals surface area (Å²) >= 11 is 3.82. The van der Waals surface area contributed by atoms with Gasteiger partial charge in [0.25, 0.3) is 0 Å². The van der Waals surface area contributed by atoms with Crippen molar-refractivity contribution in [2.75, 3.05) is 50.6 Å². The standard InChI is InChI=1S/C22H24N4O6S3/c1-29-13-5-7-17(31-3)15(9-13)23-19(27)11-33-21-25-26-22(35-21)34-12-20(28)24-16-10-14(30-2)6-8-18(16)32-4/h5-10H,11-12H2,1-4H3,(H,23,27)(H,24,28). The van der Waals surface area contributed by atoms with Crippen LogP contribution in [0.4, 0.5) is 11.4 Å². The van der Waals surface area contributed by atoms with E-state index in [-0.39, 0.29) is 23.3 Å². The fraction of sp³-hybridized carbons (Fsp3) is 0.273. The quantitative estimate of drug-likeness (QED) is 0.328. The first kappa shape index (κ1) is 26.4. The number of nitrogens with one attached hydrogen (secondary N) is 2. The molecule has 0 fully saturated rings. The molecular formula is C22H24N4O6S3. The van der Waals surface area contributed by atoms with Gasteiger partial charge in [-0.25, -0.2) is 0 Å². The van der Waals surface area contributed by atoms with E-state index in [9.17, 15) is 9.59 Å². The molecule has 1 heterocycles. The van der Waals surface area contributed by atoms with Gasteiger partial charge in [0.05, 0.1) is 51.3 Å². The maximum absolute atomic E-state index is 12.4. The molecule has 0 spiro atoms. The Morgan fingerprint density at radius 3 is 1.54 bits per heavy atom. The Labute approximate surface area is 215 Å². The van der Waals surface area contributed by atoms with E-state index in [0.29, 0.717) is 43.1 Å². The summed E-state index contributed by atoms with van der Waals surface area (Å²) in [5, 5.41) is 13.8. The molecule has 1 aromatic heterocycles. The fourth-order valence-corrected chi connectivity index (χ4v) is 5.38. The topological polar surface area (TPSA) is 121 Å². The number of ether oxygens (including phenoxy) is 4. The number of carbonyl (C=O) groups excluding carboxylic acids is 2. The van der Waals surface area contributed by atoms with E-state index in [1.54, 1.807) is 50.6 Å². The highest BCUT2D eigenvalue weighted by atomic mass is 32.2. The molecule has 10 nitrogen and oxygen atoms in total. The SMILES string of the molecule is COc1ccc(OC)c(NC(=O)CSc2nnc(SCC(=O)Nc3cc(OC)ccc3OC)s2)c1. The number of thioether (sulfide) groups is 2. The van der Waals surface area contributed by atoms with Crippen LogP contribution in [0.25, 0.3) is 0 Å². The van der Waals surface area contributed by atoms with Crippen molar-refractivity contribution in [3.05, 3.63) is 36.4 Å². The minimum absolute atomic E-state index is 0.135. The van der Waals surface area contributed by atoms with Gasteiger partial charge >= 0.3 is 0 Å². The first-order valence-corrected chi connectivity index (χ1v) is 12.9. The molecule has 2 amide bonds. The van der Waals surface area contributed by atoms with Crippen LogP contribution in [0, 0.1) is 0 Å². The van der Waals surface area contributed by atoms with Gasteiger partial charge in [-0.15, -0.1) is 10.2 Å². The monoisotopic (exact) mass is 536 g/mol. The minimum Gasteiger partial charge on any atom is -0.497 e. The third-order valence-corrected chi connectivity index (χ3v) is 7.59. The lowest BCUT2D eigenvalue weighted by Crippen LogP contribution is -2.14. The van der Waals surface area contributed by atoms with Crippen LogP contribution < -0.4 is 29.6 Å². The van der Waals surface area contributed by atoms with E-state index in [2.05, 4.69) is 20.8 Å². The van der Waals surface area contributed by atoms with Crippen molar-refractivity contribution < 1.29 is 28.5 Å². The second-order valence-corrected chi connectivity index (χ2v) is 10.1. The Bertz CT molecular complexity index is 1090. The number of carbonyl (C=O) groups is 2. The molecule has 0 radical (unpaired) electrons. The van der Waals surface area contributed by atoms with E-state index in [4.69, 9.17) is 18.9 Å². The summed E-state index contributed by atoms with van der Waals surface area (Å²) in [5.74, 6) is 2.09. The van der Waals surface area contributed by atoms with Crippen molar-refractivity contribution in [3.63, 3.8) is 0 Å². The molecule has 0 aliphatic rings. The van der Waals surface area contributed by atoms with Crippen LogP contribution >= 0.6 is 34.9 Å². The third-order valence-electron chi connectivity index (χ3n) is 4.40. The lowest BCUT2D eigenvalue weighted by atomic mass is 10.2. The summed E-state index contributed by atoms with van der Waals surface area (Å²) in [4.78, 5) is 24.8. The Morgan fingerprint density at radius 1 is 0.743 bits per heavy atom. The molecule has 0 unspecified atom stereocenters. The molecule has 3 rings (SSSR count). The largest absolute Gasteiger partial charge is 0.497 e. The highest BCUT2D eigenvalue weighted by molar-refractivity contribution is 8.03. The molecule has 2 aromatic carbocycles. The van der Waals surface area contributed by atoms with Crippen LogP contribution in [0.15, 0.2) is 45.1 Å². The summed E-state index contributed by atoms with van der Waals surface area (Å²) in [6, 6.07) is 10.3. The maximum Gasteiger partial charge on any atom is 0.234 e. The predicted molar refractivity (Wildman–Crippen MR) is 138 cm³/mol. The van der Waals surface area contributed by atoms with Gasteiger partial charge in [0.15, 0.2) is 8.68 Å². The van der Waals surface area contributed by atoms with Crippen LogP contribution in [0.5, 0.6) is 23.0 Å². The summed E-state index contributed by atoms with van der Waals surface area (Å²) in [6.07, 6.45) is 0. The summed E-state index contributed by atoms with van der Waals surface area (Å²) < 4.78 is 22.2. The maximum atomic E-state index is 12.4. The van der Waals surface area contributed by atoms with Crippen molar-refractivity contribution in [3.8, 4) is 23.0 Å². The smallest absolute Gasteiger partial charge is 0.234 e. The minimum atomic E-state index is -0.224.